The van der Waals surface area contributed by atoms with E-state index in [1.165, 1.54) is 0 Å². The Morgan fingerprint density at radius 2 is 1.93 bits per heavy atom. The van der Waals surface area contributed by atoms with E-state index >= 15 is 0 Å². The van der Waals surface area contributed by atoms with Gasteiger partial charge in [0.25, 0.3) is 0 Å². The van der Waals surface area contributed by atoms with Crippen molar-refractivity contribution < 1.29 is 9.90 Å². The Morgan fingerprint density at radius 1 is 1.33 bits per heavy atom. The van der Waals surface area contributed by atoms with Gasteiger partial charge in [-0.05, 0) is 18.9 Å². The van der Waals surface area contributed by atoms with Crippen LogP contribution in [0.5, 0.6) is 0 Å². The molecule has 5 heteroatoms. The quantitative estimate of drug-likeness (QED) is 0.781. The van der Waals surface area contributed by atoms with Crippen molar-refractivity contribution in [2.45, 2.75) is 31.2 Å². The van der Waals surface area contributed by atoms with Crippen molar-refractivity contribution in [2.24, 2.45) is 0 Å². The molecule has 15 heavy (non-hydrogen) atoms. The largest absolute Gasteiger partial charge is 0.480 e. The first-order valence-corrected chi connectivity index (χ1v) is 5.02. The minimum Gasteiger partial charge on any atom is -0.480 e. The Labute approximate surface area is 87.6 Å². The number of anilines is 1. The standard InChI is InChI=1S/C10H13N3O2/c14-8(15)10(4-1-2-5-10)13-9-11-6-3-7-12-9/h3,6-7H,1-2,4-5H2,(H,14,15)(H,11,12,13). The van der Waals surface area contributed by atoms with Crippen LogP contribution in [0.4, 0.5) is 5.95 Å². The monoisotopic (exact) mass is 207 g/mol. The third kappa shape index (κ3) is 1.91. The Bertz CT molecular complexity index is 347. The van der Waals surface area contributed by atoms with Crippen LogP contribution in [0.15, 0.2) is 18.5 Å². The van der Waals surface area contributed by atoms with Crippen molar-refractivity contribution in [2.75, 3.05) is 5.32 Å². The van der Waals surface area contributed by atoms with Gasteiger partial charge in [-0.25, -0.2) is 14.8 Å². The number of carbonyl (C=O) groups is 1. The van der Waals surface area contributed by atoms with Crippen molar-refractivity contribution in [3.8, 4) is 0 Å². The molecule has 80 valence electrons. The fourth-order valence-electron chi connectivity index (χ4n) is 1.95. The zero-order valence-electron chi connectivity index (χ0n) is 8.31. The van der Waals surface area contributed by atoms with Crippen LogP contribution in [-0.4, -0.2) is 26.6 Å². The minimum absolute atomic E-state index is 0.391. The van der Waals surface area contributed by atoms with Crippen LogP contribution >= 0.6 is 0 Å². The molecule has 0 saturated heterocycles. The highest BCUT2D eigenvalue weighted by Crippen LogP contribution is 2.32. The summed E-state index contributed by atoms with van der Waals surface area (Å²) in [6.45, 7) is 0. The molecular formula is C10H13N3O2. The summed E-state index contributed by atoms with van der Waals surface area (Å²) in [5.41, 5.74) is -0.860. The molecule has 0 bridgehead atoms. The third-order valence-corrected chi connectivity index (χ3v) is 2.78. The van der Waals surface area contributed by atoms with Gasteiger partial charge in [0.05, 0.1) is 0 Å². The summed E-state index contributed by atoms with van der Waals surface area (Å²) in [7, 11) is 0. The molecule has 0 unspecified atom stereocenters. The summed E-state index contributed by atoms with van der Waals surface area (Å²) in [5, 5.41) is 12.1. The number of hydrogen-bond donors (Lipinski definition) is 2. The van der Waals surface area contributed by atoms with E-state index in [0.29, 0.717) is 18.8 Å². The lowest BCUT2D eigenvalue weighted by atomic mass is 9.98. The molecule has 2 rings (SSSR count). The molecular weight excluding hydrogens is 194 g/mol. The Kier molecular flexibility index (Phi) is 2.53. The van der Waals surface area contributed by atoms with Gasteiger partial charge in [0.1, 0.15) is 5.54 Å². The highest BCUT2D eigenvalue weighted by atomic mass is 16.4. The fraction of sp³-hybridized carbons (Fsp3) is 0.500. The lowest BCUT2D eigenvalue weighted by Gasteiger charge is -2.24. The molecule has 1 saturated carbocycles. The van der Waals surface area contributed by atoms with E-state index in [-0.39, 0.29) is 0 Å². The van der Waals surface area contributed by atoms with Crippen LogP contribution in [0.2, 0.25) is 0 Å². The molecule has 0 aromatic carbocycles. The van der Waals surface area contributed by atoms with E-state index in [1.807, 2.05) is 0 Å². The highest BCUT2D eigenvalue weighted by molar-refractivity contribution is 5.82. The molecule has 1 aromatic rings. The Morgan fingerprint density at radius 3 is 2.47 bits per heavy atom. The second kappa shape index (κ2) is 3.84. The number of nitrogens with one attached hydrogen (secondary N) is 1. The van der Waals surface area contributed by atoms with Crippen LogP contribution in [0, 0.1) is 0 Å². The fourth-order valence-corrected chi connectivity index (χ4v) is 1.95. The van der Waals surface area contributed by atoms with Gasteiger partial charge < -0.3 is 10.4 Å². The first kappa shape index (κ1) is 9.89. The van der Waals surface area contributed by atoms with Crippen molar-refractivity contribution in [1.82, 2.24) is 9.97 Å². The first-order valence-electron chi connectivity index (χ1n) is 5.02. The number of aliphatic carboxylic acids is 1. The third-order valence-electron chi connectivity index (χ3n) is 2.78. The molecule has 1 fully saturated rings. The van der Waals surface area contributed by atoms with Crippen molar-refractivity contribution in [1.29, 1.82) is 0 Å². The van der Waals surface area contributed by atoms with E-state index in [4.69, 9.17) is 0 Å². The maximum absolute atomic E-state index is 11.2. The summed E-state index contributed by atoms with van der Waals surface area (Å²) < 4.78 is 0. The van der Waals surface area contributed by atoms with Crippen molar-refractivity contribution >= 4 is 11.9 Å². The van der Waals surface area contributed by atoms with Crippen LogP contribution in [0.1, 0.15) is 25.7 Å². The molecule has 1 heterocycles. The van der Waals surface area contributed by atoms with E-state index in [9.17, 15) is 9.90 Å². The predicted molar refractivity (Wildman–Crippen MR) is 54.5 cm³/mol. The van der Waals surface area contributed by atoms with E-state index in [0.717, 1.165) is 12.8 Å². The number of nitrogens with zero attached hydrogens (tertiary/aromatic N) is 2. The van der Waals surface area contributed by atoms with Crippen LogP contribution in [0.25, 0.3) is 0 Å². The number of carboxylic acids is 1. The Hall–Kier alpha value is -1.65. The van der Waals surface area contributed by atoms with Crippen LogP contribution in [-0.2, 0) is 4.79 Å². The normalized spacial score (nSPS) is 18.7. The first-order chi connectivity index (χ1) is 7.23. The SMILES string of the molecule is O=C(O)C1(Nc2ncccn2)CCCC1. The molecule has 1 aromatic heterocycles. The number of carboxylic acid groups (broad SMARTS) is 1. The number of aromatic nitrogens is 2. The molecule has 2 N–H and O–H groups in total. The van der Waals surface area contributed by atoms with Gasteiger partial charge in [-0.3, -0.25) is 0 Å². The lowest BCUT2D eigenvalue weighted by Crippen LogP contribution is -2.44. The summed E-state index contributed by atoms with van der Waals surface area (Å²) in [4.78, 5) is 19.2. The predicted octanol–water partition coefficient (Wildman–Crippen LogP) is 1.29. The second-order valence-electron chi connectivity index (χ2n) is 3.79. The maximum atomic E-state index is 11.2. The summed E-state index contributed by atoms with van der Waals surface area (Å²) in [6.07, 6.45) is 6.35. The van der Waals surface area contributed by atoms with E-state index in [2.05, 4.69) is 15.3 Å². The zero-order valence-corrected chi connectivity index (χ0v) is 8.31. The van der Waals surface area contributed by atoms with Crippen molar-refractivity contribution in [3.63, 3.8) is 0 Å². The molecule has 1 aliphatic carbocycles. The average molecular weight is 207 g/mol. The maximum Gasteiger partial charge on any atom is 0.329 e. The summed E-state index contributed by atoms with van der Waals surface area (Å²) >= 11 is 0. The average Bonchev–Trinajstić information content (AvgIpc) is 2.69. The van der Waals surface area contributed by atoms with Gasteiger partial charge >= 0.3 is 5.97 Å². The smallest absolute Gasteiger partial charge is 0.329 e. The van der Waals surface area contributed by atoms with Gasteiger partial charge in [-0.15, -0.1) is 0 Å². The summed E-state index contributed by atoms with van der Waals surface area (Å²) in [5.74, 6) is -0.422. The van der Waals surface area contributed by atoms with Gasteiger partial charge in [0.2, 0.25) is 5.95 Å². The van der Waals surface area contributed by atoms with Crippen LogP contribution in [0.3, 0.4) is 0 Å². The summed E-state index contributed by atoms with van der Waals surface area (Å²) in [6, 6.07) is 1.70. The highest BCUT2D eigenvalue weighted by Gasteiger charge is 2.41. The van der Waals surface area contributed by atoms with Gasteiger partial charge in [0.15, 0.2) is 0 Å². The van der Waals surface area contributed by atoms with Crippen molar-refractivity contribution in [3.05, 3.63) is 18.5 Å². The van der Waals surface area contributed by atoms with E-state index in [1.54, 1.807) is 18.5 Å². The lowest BCUT2D eigenvalue weighted by molar-refractivity contribution is -0.142. The number of rotatable bonds is 3. The molecule has 0 atom stereocenters. The molecule has 1 aliphatic rings. The van der Waals surface area contributed by atoms with E-state index < -0.39 is 11.5 Å². The van der Waals surface area contributed by atoms with Gasteiger partial charge in [-0.2, -0.15) is 0 Å². The minimum atomic E-state index is -0.860. The second-order valence-corrected chi connectivity index (χ2v) is 3.79. The van der Waals surface area contributed by atoms with Gasteiger partial charge in [0, 0.05) is 12.4 Å². The molecule has 0 aliphatic heterocycles. The van der Waals surface area contributed by atoms with Crippen LogP contribution < -0.4 is 5.32 Å². The molecule has 0 spiro atoms. The topological polar surface area (TPSA) is 75.1 Å². The Balaban J connectivity index is 2.18. The number of hydrogen-bond acceptors (Lipinski definition) is 4. The molecule has 0 amide bonds. The molecule has 0 radical (unpaired) electrons. The zero-order chi connectivity index (χ0) is 10.7. The van der Waals surface area contributed by atoms with Gasteiger partial charge in [-0.1, -0.05) is 12.8 Å². The molecule has 5 nitrogen and oxygen atoms in total.